The van der Waals surface area contributed by atoms with Crippen LogP contribution in [0.2, 0.25) is 0 Å². The first-order chi connectivity index (χ1) is 61.5. The highest BCUT2D eigenvalue weighted by molar-refractivity contribution is 6.19. The molecule has 0 radical (unpaired) electrons. The van der Waals surface area contributed by atoms with Gasteiger partial charge in [-0.2, -0.15) is 0 Å². The monoisotopic (exact) mass is 1580 g/mol. The van der Waals surface area contributed by atoms with E-state index < -0.39 is 0 Å². The molecule has 0 N–H and O–H groups in total. The summed E-state index contributed by atoms with van der Waals surface area (Å²) in [5.41, 5.74) is 29.0. The highest BCUT2D eigenvalue weighted by Crippen LogP contribution is 2.45. The molecule has 0 aliphatic rings. The predicted molar refractivity (Wildman–Crippen MR) is 511 cm³/mol. The number of hydrogen-bond acceptors (Lipinski definition) is 6. The Kier molecular flexibility index (Phi) is 18.0. The van der Waals surface area contributed by atoms with Crippen LogP contribution in [0.3, 0.4) is 0 Å². The van der Waals surface area contributed by atoms with Crippen molar-refractivity contribution in [3.8, 4) is 136 Å². The fourth-order valence-electron chi connectivity index (χ4n) is 18.3. The Labute approximate surface area is 715 Å². The highest BCUT2D eigenvalue weighted by atomic mass is 15.1. The Bertz CT molecular complexity index is 7990. The molecule has 0 saturated carbocycles. The van der Waals surface area contributed by atoms with Gasteiger partial charge in [0.1, 0.15) is 0 Å². The number of rotatable bonds is 14. The van der Waals surface area contributed by atoms with Gasteiger partial charge in [0, 0.05) is 99.2 Å². The van der Waals surface area contributed by atoms with Crippen molar-refractivity contribution >= 4 is 87.2 Å². The van der Waals surface area contributed by atoms with Crippen molar-refractivity contribution in [3.63, 3.8) is 0 Å². The molecule has 580 valence electrons. The molecule has 0 bridgehead atoms. The molecule has 0 amide bonds. The van der Waals surface area contributed by atoms with Crippen molar-refractivity contribution in [1.82, 2.24) is 48.2 Å². The maximum Gasteiger partial charge on any atom is 0.164 e. The van der Waals surface area contributed by atoms with Gasteiger partial charge in [-0.1, -0.05) is 352 Å². The summed E-state index contributed by atoms with van der Waals surface area (Å²) in [6, 6.07) is 159. The van der Waals surface area contributed by atoms with E-state index in [1.165, 1.54) is 110 Å². The van der Waals surface area contributed by atoms with Gasteiger partial charge in [0.05, 0.1) is 44.1 Å². The summed E-state index contributed by atoms with van der Waals surface area (Å²) >= 11 is 0. The Balaban J connectivity index is 0.000000143. The predicted octanol–water partition coefficient (Wildman–Crippen LogP) is 28.8. The van der Waals surface area contributed by atoms with E-state index in [1.807, 2.05) is 121 Å². The quantitative estimate of drug-likeness (QED) is 0.108. The third-order valence-electron chi connectivity index (χ3n) is 24.0. The average Bonchev–Trinajstić information content (AvgIpc) is 1.60. The molecule has 0 unspecified atom stereocenters. The molecule has 24 aromatic rings. The summed E-state index contributed by atoms with van der Waals surface area (Å²) in [6.45, 7) is 0. The molecule has 24 rings (SSSR count). The van der Waals surface area contributed by atoms with Crippen LogP contribution in [-0.2, 0) is 0 Å². The number of benzene rings is 18. The molecule has 6 heterocycles. The molecule has 0 saturated heterocycles. The summed E-state index contributed by atoms with van der Waals surface area (Å²) < 4.78 is 9.55. The van der Waals surface area contributed by atoms with E-state index in [0.717, 1.165) is 78.3 Å². The molecule has 124 heavy (non-hydrogen) atoms. The van der Waals surface area contributed by atoms with Crippen molar-refractivity contribution in [2.24, 2.45) is 0 Å². The highest BCUT2D eigenvalue weighted by Gasteiger charge is 2.24. The van der Waals surface area contributed by atoms with Crippen LogP contribution in [-0.4, -0.2) is 48.2 Å². The first-order valence-corrected chi connectivity index (χ1v) is 41.9. The van der Waals surface area contributed by atoms with Crippen LogP contribution in [0.1, 0.15) is 0 Å². The van der Waals surface area contributed by atoms with Gasteiger partial charge in [0.25, 0.3) is 0 Å². The first-order valence-electron chi connectivity index (χ1n) is 41.9. The third-order valence-corrected chi connectivity index (χ3v) is 24.0. The fourth-order valence-corrected chi connectivity index (χ4v) is 18.3. The molecule has 0 aliphatic carbocycles. The maximum absolute atomic E-state index is 4.97. The van der Waals surface area contributed by atoms with Gasteiger partial charge in [-0.3, -0.25) is 0 Å². The van der Waals surface area contributed by atoms with Crippen LogP contribution >= 0.6 is 0 Å². The zero-order chi connectivity index (χ0) is 82.0. The normalized spacial score (nSPS) is 11.5. The lowest BCUT2D eigenvalue weighted by Crippen LogP contribution is -2.00. The Hall–Kier alpha value is -16.8. The van der Waals surface area contributed by atoms with E-state index >= 15 is 0 Å². The molecule has 0 spiro atoms. The molecule has 18 aromatic carbocycles. The van der Waals surface area contributed by atoms with E-state index in [-0.39, 0.29) is 0 Å². The largest absolute Gasteiger partial charge is 0.309 e. The summed E-state index contributed by atoms with van der Waals surface area (Å²) in [4.78, 5) is 29.6. The molecule has 0 aliphatic heterocycles. The van der Waals surface area contributed by atoms with Crippen LogP contribution in [0.15, 0.2) is 449 Å². The summed E-state index contributed by atoms with van der Waals surface area (Å²) in [6.07, 6.45) is 0. The molecular formula is C114H74N10. The van der Waals surface area contributed by atoms with E-state index in [1.54, 1.807) is 0 Å². The molecule has 10 heteroatoms. The maximum atomic E-state index is 4.97. The zero-order valence-electron chi connectivity index (χ0n) is 67.2. The Morgan fingerprint density at radius 2 is 0.347 bits per heavy atom. The minimum atomic E-state index is 0.640. The van der Waals surface area contributed by atoms with E-state index in [9.17, 15) is 0 Å². The van der Waals surface area contributed by atoms with Gasteiger partial charge in [-0.05, 0) is 142 Å². The lowest BCUT2D eigenvalue weighted by Gasteiger charge is -2.11. The average molecular weight is 1580 g/mol. The van der Waals surface area contributed by atoms with E-state index in [0.29, 0.717) is 34.9 Å². The number of fused-ring (bicyclic) bond motifs is 12. The Morgan fingerprint density at radius 1 is 0.129 bits per heavy atom. The minimum Gasteiger partial charge on any atom is -0.309 e. The molecule has 0 fully saturated rings. The second-order valence-electron chi connectivity index (χ2n) is 31.2. The Morgan fingerprint density at radius 3 is 0.677 bits per heavy atom. The third kappa shape index (κ3) is 12.8. The standard InChI is InChI=1S/2C57H37N5/c1-4-16-40(17-5-1)55-58-56(41-18-6-2-7-19-41)60-57(59-55)42-32-30-38(31-33-42)45-24-14-29-52-53(45)48-23-11-13-27-50(48)62(52)44-36-34-39(35-37-44)46-25-15-28-51-54(46)47-22-10-12-26-49(47)61(51)43-20-8-3-9-21-43;1-4-15-40(16-5-1)55-58-56(41-17-6-2-7-18-41)60-57(59-55)42-29-27-39(28-30-42)46-23-14-26-52-54(46)49-22-11-13-25-51(49)61(52)45-34-31-38(32-35-45)43-33-36-48-47-21-10-12-24-50(47)62(53(48)37-43)44-19-8-3-9-20-44/h2*1-37H. The van der Waals surface area contributed by atoms with Crippen molar-refractivity contribution in [3.05, 3.63) is 449 Å². The number of nitrogens with zero attached hydrogens (tertiary/aromatic N) is 10. The van der Waals surface area contributed by atoms with Crippen LogP contribution in [0.5, 0.6) is 0 Å². The van der Waals surface area contributed by atoms with Gasteiger partial charge < -0.3 is 18.3 Å². The zero-order valence-corrected chi connectivity index (χ0v) is 67.2. The van der Waals surface area contributed by atoms with Crippen molar-refractivity contribution in [1.29, 1.82) is 0 Å². The summed E-state index contributed by atoms with van der Waals surface area (Å²) in [7, 11) is 0. The van der Waals surface area contributed by atoms with Crippen molar-refractivity contribution in [2.75, 3.05) is 0 Å². The lowest BCUT2D eigenvalue weighted by atomic mass is 9.98. The van der Waals surface area contributed by atoms with Crippen molar-refractivity contribution in [2.45, 2.75) is 0 Å². The molecule has 6 aromatic heterocycles. The van der Waals surface area contributed by atoms with Gasteiger partial charge >= 0.3 is 0 Å². The smallest absolute Gasteiger partial charge is 0.164 e. The first kappa shape index (κ1) is 72.4. The van der Waals surface area contributed by atoms with Crippen molar-refractivity contribution < 1.29 is 0 Å². The molecule has 0 atom stereocenters. The van der Waals surface area contributed by atoms with Gasteiger partial charge in [-0.15, -0.1) is 0 Å². The van der Waals surface area contributed by atoms with Gasteiger partial charge in [-0.25, -0.2) is 29.9 Å². The molecular weight excluding hydrogens is 1510 g/mol. The summed E-state index contributed by atoms with van der Waals surface area (Å²) in [5.74, 6) is 3.88. The second-order valence-corrected chi connectivity index (χ2v) is 31.2. The second kappa shape index (κ2) is 30.8. The molecule has 10 nitrogen and oxygen atoms in total. The van der Waals surface area contributed by atoms with Crippen LogP contribution in [0.25, 0.3) is 223 Å². The van der Waals surface area contributed by atoms with Crippen LogP contribution in [0, 0.1) is 0 Å². The fraction of sp³-hybridized carbons (Fsp3) is 0. The van der Waals surface area contributed by atoms with E-state index in [2.05, 4.69) is 346 Å². The van der Waals surface area contributed by atoms with Gasteiger partial charge in [0.15, 0.2) is 34.9 Å². The number of hydrogen-bond donors (Lipinski definition) is 0. The van der Waals surface area contributed by atoms with E-state index in [4.69, 9.17) is 29.9 Å². The van der Waals surface area contributed by atoms with Crippen LogP contribution < -0.4 is 0 Å². The SMILES string of the molecule is c1ccc(-c2nc(-c3ccccc3)nc(-c3ccc(-c4cccc5c4c4ccccc4n5-c4ccc(-c5ccc6c7ccccc7n(-c7ccccc7)c6c5)cc4)cc3)n2)cc1.c1ccc(-c2nc(-c3ccccc3)nc(-c3ccc(-c4cccc5c4c4ccccc4n5-c4ccc(-c5cccc6c5c5ccccc5n6-c5ccccc5)cc4)cc3)n2)cc1. The number of para-hydroxylation sites is 6. The number of aromatic nitrogens is 10. The van der Waals surface area contributed by atoms with Crippen LogP contribution in [0.4, 0.5) is 0 Å². The topological polar surface area (TPSA) is 97.1 Å². The lowest BCUT2D eigenvalue weighted by molar-refractivity contribution is 1.07. The minimum absolute atomic E-state index is 0.640. The van der Waals surface area contributed by atoms with Gasteiger partial charge in [0.2, 0.25) is 0 Å². The summed E-state index contributed by atoms with van der Waals surface area (Å²) in [5, 5.41) is 9.87.